The van der Waals surface area contributed by atoms with Crippen LogP contribution in [0.15, 0.2) is 24.3 Å². The second-order valence-electron chi connectivity index (χ2n) is 7.73. The van der Waals surface area contributed by atoms with Gasteiger partial charge in [0.05, 0.1) is 0 Å². The van der Waals surface area contributed by atoms with Crippen LogP contribution in [0.4, 0.5) is 21.0 Å². The first kappa shape index (κ1) is 19.0. The van der Waals surface area contributed by atoms with Crippen LogP contribution in [-0.2, 0) is 9.53 Å². The number of nitrogens with one attached hydrogen (secondary N) is 1. The Balaban J connectivity index is 1.57. The lowest BCUT2D eigenvalue weighted by atomic mass is 10.2. The fourth-order valence-electron chi connectivity index (χ4n) is 3.13. The Morgan fingerprint density at radius 2 is 1.56 bits per heavy atom. The second-order valence-corrected chi connectivity index (χ2v) is 7.73. The van der Waals surface area contributed by atoms with Crippen molar-refractivity contribution >= 4 is 29.4 Å². The maximum Gasteiger partial charge on any atom is 0.410 e. The van der Waals surface area contributed by atoms with Gasteiger partial charge < -0.3 is 14.5 Å². The van der Waals surface area contributed by atoms with Crippen molar-refractivity contribution in [2.24, 2.45) is 0 Å². The first-order valence-corrected chi connectivity index (χ1v) is 9.17. The van der Waals surface area contributed by atoms with Gasteiger partial charge >= 0.3 is 12.1 Å². The lowest BCUT2D eigenvalue weighted by molar-refractivity contribution is -0.120. The molecule has 1 aromatic rings. The number of amides is 4. The van der Waals surface area contributed by atoms with Crippen molar-refractivity contribution in [2.45, 2.75) is 32.8 Å². The van der Waals surface area contributed by atoms with Crippen LogP contribution in [0.3, 0.4) is 0 Å². The highest BCUT2D eigenvalue weighted by molar-refractivity contribution is 6.05. The number of urea groups is 1. The zero-order valence-electron chi connectivity index (χ0n) is 16.0. The van der Waals surface area contributed by atoms with Gasteiger partial charge in [-0.05, 0) is 45.0 Å². The average molecular weight is 374 g/mol. The molecule has 0 radical (unpaired) electrons. The van der Waals surface area contributed by atoms with Crippen LogP contribution < -0.4 is 15.1 Å². The number of anilines is 2. The summed E-state index contributed by atoms with van der Waals surface area (Å²) in [7, 11) is 0. The topological polar surface area (TPSA) is 82.2 Å². The third-order valence-corrected chi connectivity index (χ3v) is 4.51. The van der Waals surface area contributed by atoms with Gasteiger partial charge in [-0.3, -0.25) is 15.0 Å². The van der Waals surface area contributed by atoms with E-state index in [2.05, 4.69) is 10.2 Å². The number of ether oxygens (including phenoxy) is 1. The van der Waals surface area contributed by atoms with Crippen molar-refractivity contribution in [2.75, 3.05) is 42.5 Å². The summed E-state index contributed by atoms with van der Waals surface area (Å²) in [6.45, 7) is 8.62. The molecule has 146 valence electrons. The normalized spacial score (nSPS) is 18.4. The standard InChI is InChI=1S/C19H26N4O4/c1-19(2,3)27-18(26)22-12-10-21(11-13-22)14-4-6-15(7-5-14)23-9-8-16(24)20-17(23)25/h4-7H,8-13H2,1-3H3,(H,20,24,25). The maximum absolute atomic E-state index is 12.1. The molecule has 3 rings (SSSR count). The van der Waals surface area contributed by atoms with E-state index in [1.165, 1.54) is 0 Å². The Bertz CT molecular complexity index is 718. The number of carbonyl (C=O) groups is 3. The molecule has 0 aliphatic carbocycles. The van der Waals surface area contributed by atoms with Crippen molar-refractivity contribution in [3.63, 3.8) is 0 Å². The van der Waals surface area contributed by atoms with E-state index in [1.54, 1.807) is 9.80 Å². The molecule has 0 aromatic heterocycles. The molecule has 8 nitrogen and oxygen atoms in total. The maximum atomic E-state index is 12.1. The molecule has 8 heteroatoms. The van der Waals surface area contributed by atoms with E-state index < -0.39 is 5.60 Å². The Hall–Kier alpha value is -2.77. The number of piperazine rings is 1. The highest BCUT2D eigenvalue weighted by atomic mass is 16.6. The molecule has 0 bridgehead atoms. The van der Waals surface area contributed by atoms with Gasteiger partial charge in [0, 0.05) is 50.5 Å². The molecule has 0 spiro atoms. The van der Waals surface area contributed by atoms with Crippen LogP contribution in [0.2, 0.25) is 0 Å². The summed E-state index contributed by atoms with van der Waals surface area (Å²) in [5.41, 5.74) is 1.31. The SMILES string of the molecule is CC(C)(C)OC(=O)N1CCN(c2ccc(N3CCC(=O)NC3=O)cc2)CC1. The van der Waals surface area contributed by atoms with E-state index in [4.69, 9.17) is 4.74 Å². The number of hydrogen-bond acceptors (Lipinski definition) is 5. The molecule has 1 N–H and O–H groups in total. The Morgan fingerprint density at radius 3 is 2.11 bits per heavy atom. The van der Waals surface area contributed by atoms with E-state index in [0.717, 1.165) is 24.5 Å². The fourth-order valence-corrected chi connectivity index (χ4v) is 3.13. The Labute approximate surface area is 159 Å². The van der Waals surface area contributed by atoms with Gasteiger partial charge in [-0.15, -0.1) is 0 Å². The molecule has 2 fully saturated rings. The van der Waals surface area contributed by atoms with Crippen LogP contribution in [0.25, 0.3) is 0 Å². The largest absolute Gasteiger partial charge is 0.444 e. The number of rotatable bonds is 2. The highest BCUT2D eigenvalue weighted by Gasteiger charge is 2.27. The average Bonchev–Trinajstić information content (AvgIpc) is 2.61. The minimum atomic E-state index is -0.491. The molecule has 27 heavy (non-hydrogen) atoms. The lowest BCUT2D eigenvalue weighted by Crippen LogP contribution is -2.50. The quantitative estimate of drug-likeness (QED) is 0.858. The summed E-state index contributed by atoms with van der Waals surface area (Å²) >= 11 is 0. The van der Waals surface area contributed by atoms with Crippen molar-refractivity contribution in [1.82, 2.24) is 10.2 Å². The van der Waals surface area contributed by atoms with Gasteiger partial charge in [0.25, 0.3) is 0 Å². The molecule has 0 atom stereocenters. The molecule has 2 saturated heterocycles. The number of carbonyl (C=O) groups excluding carboxylic acids is 3. The summed E-state index contributed by atoms with van der Waals surface area (Å²) in [5.74, 6) is -0.240. The van der Waals surface area contributed by atoms with Gasteiger partial charge in [-0.1, -0.05) is 0 Å². The summed E-state index contributed by atoms with van der Waals surface area (Å²) in [6, 6.07) is 7.30. The Kier molecular flexibility index (Phi) is 5.25. The molecule has 0 unspecified atom stereocenters. The molecule has 1 aromatic carbocycles. The van der Waals surface area contributed by atoms with Crippen molar-refractivity contribution < 1.29 is 19.1 Å². The third kappa shape index (κ3) is 4.69. The van der Waals surface area contributed by atoms with Gasteiger partial charge in [0.15, 0.2) is 0 Å². The zero-order chi connectivity index (χ0) is 19.6. The van der Waals surface area contributed by atoms with E-state index in [-0.39, 0.29) is 18.0 Å². The van der Waals surface area contributed by atoms with Crippen molar-refractivity contribution in [1.29, 1.82) is 0 Å². The molecule has 2 aliphatic heterocycles. The first-order valence-electron chi connectivity index (χ1n) is 9.17. The van der Waals surface area contributed by atoms with E-state index in [9.17, 15) is 14.4 Å². The summed E-state index contributed by atoms with van der Waals surface area (Å²) in [5, 5.41) is 2.33. The summed E-state index contributed by atoms with van der Waals surface area (Å²) in [6.07, 6.45) is 0.0308. The van der Waals surface area contributed by atoms with Gasteiger partial charge in [-0.2, -0.15) is 0 Å². The van der Waals surface area contributed by atoms with Gasteiger partial charge in [-0.25, -0.2) is 9.59 Å². The second kappa shape index (κ2) is 7.46. The number of hydrogen-bond donors (Lipinski definition) is 1. The minimum absolute atomic E-state index is 0.240. The molecule has 2 aliphatic rings. The fraction of sp³-hybridized carbons (Fsp3) is 0.526. The first-order chi connectivity index (χ1) is 12.7. The lowest BCUT2D eigenvalue weighted by Gasteiger charge is -2.37. The van der Waals surface area contributed by atoms with Crippen molar-refractivity contribution in [3.8, 4) is 0 Å². The summed E-state index contributed by atoms with van der Waals surface area (Å²) < 4.78 is 5.42. The van der Waals surface area contributed by atoms with Crippen LogP contribution in [0.5, 0.6) is 0 Å². The predicted molar refractivity (Wildman–Crippen MR) is 102 cm³/mol. The highest BCUT2D eigenvalue weighted by Crippen LogP contribution is 2.23. The zero-order valence-corrected chi connectivity index (χ0v) is 16.0. The van der Waals surface area contributed by atoms with Crippen LogP contribution >= 0.6 is 0 Å². The monoisotopic (exact) mass is 374 g/mol. The molecule has 4 amide bonds. The predicted octanol–water partition coefficient (Wildman–Crippen LogP) is 2.19. The van der Waals surface area contributed by atoms with Crippen LogP contribution in [-0.4, -0.2) is 61.3 Å². The van der Waals surface area contributed by atoms with E-state index in [1.807, 2.05) is 45.0 Å². The molecular weight excluding hydrogens is 348 g/mol. The number of nitrogens with zero attached hydrogens (tertiary/aromatic N) is 3. The van der Waals surface area contributed by atoms with Crippen LogP contribution in [0, 0.1) is 0 Å². The molecular formula is C19H26N4O4. The van der Waals surface area contributed by atoms with E-state index in [0.29, 0.717) is 26.1 Å². The van der Waals surface area contributed by atoms with Crippen molar-refractivity contribution in [3.05, 3.63) is 24.3 Å². The molecule has 2 heterocycles. The summed E-state index contributed by atoms with van der Waals surface area (Å²) in [4.78, 5) is 40.8. The van der Waals surface area contributed by atoms with Gasteiger partial charge in [0.1, 0.15) is 5.60 Å². The van der Waals surface area contributed by atoms with Gasteiger partial charge in [0.2, 0.25) is 5.91 Å². The minimum Gasteiger partial charge on any atom is -0.444 e. The Morgan fingerprint density at radius 1 is 0.963 bits per heavy atom. The molecule has 0 saturated carbocycles. The number of imide groups is 1. The number of benzene rings is 1. The smallest absolute Gasteiger partial charge is 0.410 e. The van der Waals surface area contributed by atoms with E-state index >= 15 is 0 Å². The third-order valence-electron chi connectivity index (χ3n) is 4.51. The van der Waals surface area contributed by atoms with Crippen LogP contribution in [0.1, 0.15) is 27.2 Å².